The number of fused-ring (bicyclic) bond motifs is 2. The van der Waals surface area contributed by atoms with Crippen LogP contribution in [-0.4, -0.2) is 12.4 Å². The van der Waals surface area contributed by atoms with Crippen molar-refractivity contribution in [1.82, 2.24) is 0 Å². The quantitative estimate of drug-likeness (QED) is 0.696. The van der Waals surface area contributed by atoms with Gasteiger partial charge >= 0.3 is 5.95 Å². The van der Waals surface area contributed by atoms with Gasteiger partial charge in [0.15, 0.2) is 0 Å². The lowest BCUT2D eigenvalue weighted by molar-refractivity contribution is -0.282. The van der Waals surface area contributed by atoms with Crippen LogP contribution in [0.1, 0.15) is 40.0 Å². The van der Waals surface area contributed by atoms with Gasteiger partial charge in [-0.2, -0.15) is 0 Å². The van der Waals surface area contributed by atoms with Crippen molar-refractivity contribution in [2.45, 2.75) is 52.4 Å². The van der Waals surface area contributed by atoms with Gasteiger partial charge in [-0.05, 0) is 40.0 Å². The molecule has 1 fully saturated rings. The molecular formula is C15H20O3. The Balaban J connectivity index is 1.43. The van der Waals surface area contributed by atoms with Gasteiger partial charge in [-0.3, -0.25) is 0 Å². The van der Waals surface area contributed by atoms with Crippen LogP contribution >= 0.6 is 0 Å². The zero-order chi connectivity index (χ0) is 12.7. The maximum Gasteiger partial charge on any atom is 0.328 e. The van der Waals surface area contributed by atoms with Gasteiger partial charge in [0.05, 0.1) is 6.10 Å². The van der Waals surface area contributed by atoms with Gasteiger partial charge in [-0.25, -0.2) is 0 Å². The Kier molecular flexibility index (Phi) is 2.94. The summed E-state index contributed by atoms with van der Waals surface area (Å²) in [5, 5.41) is 0. The van der Waals surface area contributed by atoms with Crippen molar-refractivity contribution >= 4 is 0 Å². The van der Waals surface area contributed by atoms with E-state index < -0.39 is 0 Å². The minimum atomic E-state index is -0.0480. The summed E-state index contributed by atoms with van der Waals surface area (Å²) in [6.07, 6.45) is 8.01. The Morgan fingerprint density at radius 2 is 2.06 bits per heavy atom. The zero-order valence-corrected chi connectivity index (χ0v) is 11.2. The molecule has 3 heterocycles. The Morgan fingerprint density at radius 3 is 2.78 bits per heavy atom. The molecule has 0 amide bonds. The van der Waals surface area contributed by atoms with E-state index in [1.807, 2.05) is 0 Å². The summed E-state index contributed by atoms with van der Waals surface area (Å²) in [7, 11) is 0. The Bertz CT molecular complexity index is 441. The molecule has 0 aliphatic carbocycles. The molecule has 3 atom stereocenters. The highest BCUT2D eigenvalue weighted by molar-refractivity contribution is 5.26. The summed E-state index contributed by atoms with van der Waals surface area (Å²) in [5.74, 6) is 2.12. The van der Waals surface area contributed by atoms with Crippen molar-refractivity contribution in [1.29, 1.82) is 0 Å². The van der Waals surface area contributed by atoms with Crippen LogP contribution < -0.4 is 0 Å². The maximum absolute atomic E-state index is 5.66. The number of hydrogen-bond donors (Lipinski definition) is 0. The standard InChI is InChI=1S/C15H20O3/c1-9(2)5-4-6-10(3)7-8-11-12-13-15(17-13)18-14(12)16-11/h5,7,11-12,14H,4,6,8H2,1-3H3. The molecular weight excluding hydrogens is 228 g/mol. The summed E-state index contributed by atoms with van der Waals surface area (Å²) < 4.78 is 16.2. The monoisotopic (exact) mass is 248 g/mol. The lowest BCUT2D eigenvalue weighted by Gasteiger charge is -2.39. The van der Waals surface area contributed by atoms with Crippen LogP contribution in [0.25, 0.3) is 0 Å². The lowest BCUT2D eigenvalue weighted by atomic mass is 9.92. The van der Waals surface area contributed by atoms with Crippen molar-refractivity contribution in [3.8, 4) is 0 Å². The predicted octanol–water partition coefficient (Wildman–Crippen LogP) is 3.64. The largest absolute Gasteiger partial charge is 0.432 e. The molecule has 98 valence electrons. The molecule has 3 unspecified atom stereocenters. The van der Waals surface area contributed by atoms with Crippen molar-refractivity contribution < 1.29 is 14.2 Å². The van der Waals surface area contributed by atoms with Crippen LogP contribution in [0.2, 0.25) is 0 Å². The second kappa shape index (κ2) is 4.47. The molecule has 1 saturated heterocycles. The Hall–Kier alpha value is -1.22. The maximum atomic E-state index is 5.66. The van der Waals surface area contributed by atoms with Crippen LogP contribution in [0.3, 0.4) is 0 Å². The van der Waals surface area contributed by atoms with E-state index in [1.54, 1.807) is 0 Å². The Morgan fingerprint density at radius 1 is 1.22 bits per heavy atom. The molecule has 3 heteroatoms. The summed E-state index contributed by atoms with van der Waals surface area (Å²) in [5.41, 5.74) is 2.82. The molecule has 0 N–H and O–H groups in total. The van der Waals surface area contributed by atoms with E-state index in [4.69, 9.17) is 14.2 Å². The SMILES string of the molecule is CC(C)=CCCC(C)=CCC1OC2OC3=C(O3)C12. The fraction of sp³-hybridized carbons (Fsp3) is 0.600. The van der Waals surface area contributed by atoms with Gasteiger partial charge in [0.2, 0.25) is 12.0 Å². The highest BCUT2D eigenvalue weighted by Crippen LogP contribution is 2.53. The molecule has 0 saturated carbocycles. The summed E-state index contributed by atoms with van der Waals surface area (Å²) in [4.78, 5) is 0. The number of rotatable bonds is 5. The summed E-state index contributed by atoms with van der Waals surface area (Å²) in [6.45, 7) is 6.48. The molecule has 18 heavy (non-hydrogen) atoms. The molecule has 0 aromatic carbocycles. The van der Waals surface area contributed by atoms with Crippen LogP contribution in [0, 0.1) is 5.92 Å². The number of ether oxygens (including phenoxy) is 3. The average Bonchev–Trinajstić information content (AvgIpc) is 2.94. The molecule has 0 aromatic heterocycles. The van der Waals surface area contributed by atoms with E-state index in [9.17, 15) is 0 Å². The minimum absolute atomic E-state index is 0.0480. The van der Waals surface area contributed by atoms with Crippen LogP contribution in [0.4, 0.5) is 0 Å². The molecule has 3 rings (SSSR count). The predicted molar refractivity (Wildman–Crippen MR) is 68.4 cm³/mol. The first kappa shape index (κ1) is 11.8. The first-order chi connectivity index (χ1) is 8.65. The van der Waals surface area contributed by atoms with E-state index in [0.717, 1.165) is 31.0 Å². The van der Waals surface area contributed by atoms with E-state index in [0.29, 0.717) is 5.92 Å². The fourth-order valence-electron chi connectivity index (χ4n) is 2.50. The van der Waals surface area contributed by atoms with E-state index in [2.05, 4.69) is 32.9 Å². The topological polar surface area (TPSA) is 31.0 Å². The van der Waals surface area contributed by atoms with Crippen molar-refractivity contribution in [3.05, 3.63) is 35.0 Å². The van der Waals surface area contributed by atoms with Crippen molar-refractivity contribution in [2.75, 3.05) is 0 Å². The first-order valence-electron chi connectivity index (χ1n) is 6.68. The molecule has 3 nitrogen and oxygen atoms in total. The van der Waals surface area contributed by atoms with Gasteiger partial charge < -0.3 is 14.2 Å². The smallest absolute Gasteiger partial charge is 0.328 e. The highest BCUT2D eigenvalue weighted by Gasteiger charge is 2.60. The molecule has 0 spiro atoms. The van der Waals surface area contributed by atoms with E-state index >= 15 is 0 Å². The highest BCUT2D eigenvalue weighted by atomic mass is 16.8. The zero-order valence-electron chi connectivity index (χ0n) is 11.2. The second-order valence-electron chi connectivity index (χ2n) is 5.55. The number of allylic oxidation sites excluding steroid dienone is 3. The van der Waals surface area contributed by atoms with Crippen LogP contribution in [-0.2, 0) is 14.2 Å². The minimum Gasteiger partial charge on any atom is -0.432 e. The van der Waals surface area contributed by atoms with Gasteiger partial charge in [0, 0.05) is 0 Å². The van der Waals surface area contributed by atoms with Crippen molar-refractivity contribution in [2.24, 2.45) is 5.92 Å². The summed E-state index contributed by atoms with van der Waals surface area (Å²) in [6, 6.07) is 0. The average molecular weight is 248 g/mol. The third-order valence-corrected chi connectivity index (χ3v) is 3.68. The van der Waals surface area contributed by atoms with Gasteiger partial charge in [0.25, 0.3) is 0 Å². The molecule has 0 radical (unpaired) electrons. The molecule has 0 aromatic rings. The Labute approximate surface area is 108 Å². The second-order valence-corrected chi connectivity index (χ2v) is 5.55. The third-order valence-electron chi connectivity index (χ3n) is 3.68. The molecule has 3 aliphatic rings. The van der Waals surface area contributed by atoms with Crippen molar-refractivity contribution in [3.63, 3.8) is 0 Å². The summed E-state index contributed by atoms with van der Waals surface area (Å²) >= 11 is 0. The number of hydrogen-bond acceptors (Lipinski definition) is 3. The van der Waals surface area contributed by atoms with Gasteiger partial charge in [0.1, 0.15) is 5.92 Å². The molecule has 0 bridgehead atoms. The fourth-order valence-corrected chi connectivity index (χ4v) is 2.50. The van der Waals surface area contributed by atoms with Crippen LogP contribution in [0.5, 0.6) is 0 Å². The van der Waals surface area contributed by atoms with E-state index in [1.165, 1.54) is 11.1 Å². The normalized spacial score (nSPS) is 31.9. The van der Waals surface area contributed by atoms with Crippen LogP contribution in [0.15, 0.2) is 35.0 Å². The first-order valence-corrected chi connectivity index (χ1v) is 6.68. The lowest BCUT2D eigenvalue weighted by Crippen LogP contribution is -2.48. The molecule has 3 aliphatic heterocycles. The van der Waals surface area contributed by atoms with Gasteiger partial charge in [-0.15, -0.1) is 0 Å². The third kappa shape index (κ3) is 2.19. The van der Waals surface area contributed by atoms with E-state index in [-0.39, 0.29) is 12.4 Å². The van der Waals surface area contributed by atoms with Gasteiger partial charge in [-0.1, -0.05) is 23.3 Å².